The Kier molecular flexibility index (Phi) is 5.35. The molecule has 0 radical (unpaired) electrons. The van der Waals surface area contributed by atoms with Crippen molar-refractivity contribution in [1.82, 2.24) is 0 Å². The van der Waals surface area contributed by atoms with Gasteiger partial charge in [0.25, 0.3) is 0 Å². The van der Waals surface area contributed by atoms with E-state index in [-0.39, 0.29) is 11.7 Å². The van der Waals surface area contributed by atoms with E-state index in [4.69, 9.17) is 9.47 Å². The minimum atomic E-state index is -1.48. The van der Waals surface area contributed by atoms with E-state index in [0.29, 0.717) is 11.6 Å². The van der Waals surface area contributed by atoms with Gasteiger partial charge in [0.2, 0.25) is 5.41 Å². The molecule has 1 aliphatic rings. The van der Waals surface area contributed by atoms with E-state index in [0.717, 1.165) is 0 Å². The fourth-order valence-electron chi connectivity index (χ4n) is 1.90. The number of rotatable bonds is 5. The van der Waals surface area contributed by atoms with Gasteiger partial charge in [-0.1, -0.05) is 12.2 Å². The molecular formula is C13H17NO4S. The third-order valence-corrected chi connectivity index (χ3v) is 4.19. The van der Waals surface area contributed by atoms with Crippen LogP contribution in [0.25, 0.3) is 0 Å². The van der Waals surface area contributed by atoms with Crippen LogP contribution >= 0.6 is 11.8 Å². The number of hydrogen-bond donors (Lipinski definition) is 0. The molecule has 0 N–H and O–H groups in total. The third kappa shape index (κ3) is 2.73. The van der Waals surface area contributed by atoms with Crippen LogP contribution in [0.2, 0.25) is 0 Å². The zero-order chi connectivity index (χ0) is 14.5. The lowest BCUT2D eigenvalue weighted by atomic mass is 9.84. The van der Waals surface area contributed by atoms with Crippen LogP contribution in [0.5, 0.6) is 0 Å². The summed E-state index contributed by atoms with van der Waals surface area (Å²) in [4.78, 5) is 28.4. The van der Waals surface area contributed by atoms with Gasteiger partial charge >= 0.3 is 11.9 Å². The van der Waals surface area contributed by atoms with E-state index in [9.17, 15) is 9.59 Å². The molecule has 0 amide bonds. The molecule has 5 nitrogen and oxygen atoms in total. The van der Waals surface area contributed by atoms with Crippen molar-refractivity contribution in [3.8, 4) is 0 Å². The molecular weight excluding hydrogens is 266 g/mol. The SMILES string of the molecule is C=CCN=C1SC(C=C)CC1(C(=O)OC)C(=O)OC. The maximum absolute atomic E-state index is 12.1. The summed E-state index contributed by atoms with van der Waals surface area (Å²) in [6.45, 7) is 7.58. The standard InChI is InChI=1S/C13H17NO4S/c1-5-7-14-10-13(11(15)17-3,12(16)18-4)8-9(6-2)19-10/h5-6,9H,1-2,7-8H2,3-4H3. The zero-order valence-electron chi connectivity index (χ0n) is 11.0. The number of aliphatic imine (C=N–C) groups is 1. The molecule has 0 spiro atoms. The fraction of sp³-hybridized carbons (Fsp3) is 0.462. The second-order valence-electron chi connectivity index (χ2n) is 3.92. The van der Waals surface area contributed by atoms with Crippen LogP contribution in [0.4, 0.5) is 0 Å². The van der Waals surface area contributed by atoms with Gasteiger partial charge in [0.15, 0.2) is 0 Å². The van der Waals surface area contributed by atoms with Gasteiger partial charge in [0, 0.05) is 5.25 Å². The number of carbonyl (C=O) groups excluding carboxylic acids is 2. The average molecular weight is 283 g/mol. The molecule has 104 valence electrons. The monoisotopic (exact) mass is 283 g/mol. The number of esters is 2. The van der Waals surface area contributed by atoms with Gasteiger partial charge in [-0.2, -0.15) is 0 Å². The zero-order valence-corrected chi connectivity index (χ0v) is 11.9. The molecule has 0 saturated carbocycles. The van der Waals surface area contributed by atoms with E-state index in [1.807, 2.05) is 0 Å². The van der Waals surface area contributed by atoms with Crippen molar-refractivity contribution in [1.29, 1.82) is 0 Å². The Balaban J connectivity index is 3.30. The molecule has 19 heavy (non-hydrogen) atoms. The van der Waals surface area contributed by atoms with Crippen molar-refractivity contribution < 1.29 is 19.1 Å². The van der Waals surface area contributed by atoms with Crippen molar-refractivity contribution in [2.24, 2.45) is 10.4 Å². The van der Waals surface area contributed by atoms with Crippen molar-refractivity contribution in [2.45, 2.75) is 11.7 Å². The minimum absolute atomic E-state index is 0.0817. The fourth-order valence-corrected chi connectivity index (χ4v) is 3.22. The molecule has 1 unspecified atom stereocenters. The molecule has 1 rings (SSSR count). The first kappa shape index (κ1) is 15.5. The number of methoxy groups -OCH3 is 2. The Morgan fingerprint density at radius 1 is 1.42 bits per heavy atom. The van der Waals surface area contributed by atoms with Gasteiger partial charge in [-0.3, -0.25) is 14.6 Å². The highest BCUT2D eigenvalue weighted by Crippen LogP contribution is 2.46. The highest BCUT2D eigenvalue weighted by atomic mass is 32.2. The van der Waals surface area contributed by atoms with E-state index in [2.05, 4.69) is 18.2 Å². The van der Waals surface area contributed by atoms with E-state index < -0.39 is 17.4 Å². The number of ether oxygens (including phenoxy) is 2. The topological polar surface area (TPSA) is 65.0 Å². The van der Waals surface area contributed by atoms with Gasteiger partial charge in [-0.15, -0.1) is 24.9 Å². The molecule has 1 heterocycles. The van der Waals surface area contributed by atoms with Crippen LogP contribution in [0.3, 0.4) is 0 Å². The summed E-state index contributed by atoms with van der Waals surface area (Å²) >= 11 is 1.33. The molecule has 0 bridgehead atoms. The van der Waals surface area contributed by atoms with Gasteiger partial charge in [0.1, 0.15) is 0 Å². The molecule has 1 atom stereocenters. The second kappa shape index (κ2) is 6.56. The molecule has 0 aliphatic carbocycles. The highest BCUT2D eigenvalue weighted by Gasteiger charge is 2.58. The average Bonchev–Trinajstić information content (AvgIpc) is 2.83. The molecule has 1 aliphatic heterocycles. The first-order valence-corrected chi connectivity index (χ1v) is 6.56. The quantitative estimate of drug-likeness (QED) is 0.435. The van der Waals surface area contributed by atoms with E-state index in [1.54, 1.807) is 12.2 Å². The lowest BCUT2D eigenvalue weighted by Gasteiger charge is -2.22. The molecule has 1 fully saturated rings. The maximum Gasteiger partial charge on any atom is 0.330 e. The Hall–Kier alpha value is -1.56. The summed E-state index contributed by atoms with van der Waals surface area (Å²) in [5.74, 6) is -1.31. The predicted molar refractivity (Wildman–Crippen MR) is 75.2 cm³/mol. The van der Waals surface area contributed by atoms with Gasteiger partial charge in [-0.25, -0.2) is 0 Å². The summed E-state index contributed by atoms with van der Waals surface area (Å²) in [5.41, 5.74) is -1.48. The number of thioether (sulfide) groups is 1. The number of carbonyl (C=O) groups is 2. The maximum atomic E-state index is 12.1. The summed E-state index contributed by atoms with van der Waals surface area (Å²) in [6.07, 6.45) is 3.52. The molecule has 0 aromatic carbocycles. The predicted octanol–water partition coefficient (Wildman–Crippen LogP) is 1.59. The lowest BCUT2D eigenvalue weighted by Crippen LogP contribution is -2.44. The van der Waals surface area contributed by atoms with Crippen LogP contribution in [-0.4, -0.2) is 43.0 Å². The van der Waals surface area contributed by atoms with Crippen LogP contribution in [0.15, 0.2) is 30.3 Å². The van der Waals surface area contributed by atoms with Crippen molar-refractivity contribution >= 4 is 28.7 Å². The largest absolute Gasteiger partial charge is 0.468 e. The summed E-state index contributed by atoms with van der Waals surface area (Å²) in [5, 5.41) is 0.317. The minimum Gasteiger partial charge on any atom is -0.468 e. The first-order valence-electron chi connectivity index (χ1n) is 5.68. The Labute approximate surface area is 116 Å². The Morgan fingerprint density at radius 3 is 2.42 bits per heavy atom. The third-order valence-electron chi connectivity index (χ3n) is 2.83. The molecule has 0 aromatic heterocycles. The Morgan fingerprint density at radius 2 is 2.00 bits per heavy atom. The summed E-state index contributed by atoms with van der Waals surface area (Å²) < 4.78 is 9.54. The first-order chi connectivity index (χ1) is 9.06. The smallest absolute Gasteiger partial charge is 0.330 e. The highest BCUT2D eigenvalue weighted by molar-refractivity contribution is 8.15. The summed E-state index contributed by atoms with van der Waals surface area (Å²) in [7, 11) is 2.48. The van der Waals surface area contributed by atoms with Crippen LogP contribution in [-0.2, 0) is 19.1 Å². The molecule has 1 saturated heterocycles. The summed E-state index contributed by atoms with van der Waals surface area (Å²) in [6, 6.07) is 0. The van der Waals surface area contributed by atoms with Gasteiger partial charge < -0.3 is 9.47 Å². The van der Waals surface area contributed by atoms with Crippen molar-refractivity contribution in [3.63, 3.8) is 0 Å². The number of nitrogens with zero attached hydrogens (tertiary/aromatic N) is 1. The van der Waals surface area contributed by atoms with Crippen molar-refractivity contribution in [2.75, 3.05) is 20.8 Å². The van der Waals surface area contributed by atoms with Gasteiger partial charge in [0.05, 0.1) is 25.8 Å². The normalized spacial score (nSPS) is 22.8. The van der Waals surface area contributed by atoms with Crippen LogP contribution in [0.1, 0.15) is 6.42 Å². The Bertz CT molecular complexity index is 414. The van der Waals surface area contributed by atoms with Crippen LogP contribution < -0.4 is 0 Å². The lowest BCUT2D eigenvalue weighted by molar-refractivity contribution is -0.163. The van der Waals surface area contributed by atoms with E-state index >= 15 is 0 Å². The molecule has 0 aromatic rings. The van der Waals surface area contributed by atoms with Gasteiger partial charge in [-0.05, 0) is 6.42 Å². The second-order valence-corrected chi connectivity index (χ2v) is 5.15. The molecule has 6 heteroatoms. The van der Waals surface area contributed by atoms with E-state index in [1.165, 1.54) is 26.0 Å². The number of hydrogen-bond acceptors (Lipinski definition) is 6. The van der Waals surface area contributed by atoms with Crippen LogP contribution in [0, 0.1) is 5.41 Å². The van der Waals surface area contributed by atoms with Crippen molar-refractivity contribution in [3.05, 3.63) is 25.3 Å².